The third-order valence-corrected chi connectivity index (χ3v) is 4.27. The third-order valence-electron chi connectivity index (χ3n) is 4.27. The monoisotopic (exact) mass is 330 g/mol. The highest BCUT2D eigenvalue weighted by Crippen LogP contribution is 2.33. The zero-order valence-electron chi connectivity index (χ0n) is 13.2. The fraction of sp³-hybridized carbons (Fsp3) is 0.562. The molecule has 23 heavy (non-hydrogen) atoms. The number of likely N-dealkylation sites (N-methyl/N-ethyl adjacent to an activating group) is 1. The van der Waals surface area contributed by atoms with Crippen LogP contribution in [0.2, 0.25) is 0 Å². The number of likely N-dealkylation sites (tertiary alicyclic amines) is 1. The molecule has 0 aliphatic carbocycles. The van der Waals surface area contributed by atoms with Gasteiger partial charge in [-0.25, -0.2) is 4.79 Å². The van der Waals surface area contributed by atoms with E-state index in [0.717, 1.165) is 25.5 Å². The van der Waals surface area contributed by atoms with Gasteiger partial charge < -0.3 is 10.0 Å². The van der Waals surface area contributed by atoms with Crippen molar-refractivity contribution < 1.29 is 23.1 Å². The molecular formula is C16H21F3N2O2. The fourth-order valence-electron chi connectivity index (χ4n) is 2.95. The lowest BCUT2D eigenvalue weighted by atomic mass is 10.00. The number of hydrogen-bond acceptors (Lipinski definition) is 3. The molecule has 1 unspecified atom stereocenters. The van der Waals surface area contributed by atoms with Gasteiger partial charge in [0.15, 0.2) is 0 Å². The number of piperidine rings is 1. The van der Waals surface area contributed by atoms with Crippen LogP contribution in [-0.4, -0.2) is 54.1 Å². The summed E-state index contributed by atoms with van der Waals surface area (Å²) in [5, 5.41) is 8.90. The summed E-state index contributed by atoms with van der Waals surface area (Å²) in [5.74, 6) is -1.35. The molecule has 1 heterocycles. The van der Waals surface area contributed by atoms with E-state index in [1.807, 2.05) is 19.0 Å². The van der Waals surface area contributed by atoms with Crippen molar-refractivity contribution in [3.63, 3.8) is 0 Å². The summed E-state index contributed by atoms with van der Waals surface area (Å²) < 4.78 is 39.7. The largest absolute Gasteiger partial charge is 0.478 e. The Morgan fingerprint density at radius 2 is 2.09 bits per heavy atom. The first kappa shape index (κ1) is 17.7. The Balaban J connectivity index is 2.23. The van der Waals surface area contributed by atoms with Gasteiger partial charge in [0.2, 0.25) is 0 Å². The summed E-state index contributed by atoms with van der Waals surface area (Å²) in [7, 11) is 3.94. The number of carbonyl (C=O) groups is 1. The third kappa shape index (κ3) is 4.45. The van der Waals surface area contributed by atoms with Crippen LogP contribution in [0.3, 0.4) is 0 Å². The van der Waals surface area contributed by atoms with Crippen molar-refractivity contribution in [2.24, 2.45) is 0 Å². The van der Waals surface area contributed by atoms with E-state index in [9.17, 15) is 18.0 Å². The molecular weight excluding hydrogens is 309 g/mol. The van der Waals surface area contributed by atoms with E-state index in [1.165, 1.54) is 12.1 Å². The average molecular weight is 330 g/mol. The van der Waals surface area contributed by atoms with Crippen molar-refractivity contribution in [2.45, 2.75) is 31.6 Å². The van der Waals surface area contributed by atoms with Crippen LogP contribution in [0, 0.1) is 0 Å². The second-order valence-electron chi connectivity index (χ2n) is 6.17. The molecule has 1 aromatic carbocycles. The van der Waals surface area contributed by atoms with Crippen LogP contribution in [0.25, 0.3) is 0 Å². The number of hydrogen-bond donors (Lipinski definition) is 1. The summed E-state index contributed by atoms with van der Waals surface area (Å²) in [6, 6.07) is 3.58. The zero-order valence-corrected chi connectivity index (χ0v) is 13.2. The molecule has 4 nitrogen and oxygen atoms in total. The van der Waals surface area contributed by atoms with Gasteiger partial charge in [0.25, 0.3) is 0 Å². The topological polar surface area (TPSA) is 43.8 Å². The molecule has 0 bridgehead atoms. The highest BCUT2D eigenvalue weighted by Gasteiger charge is 2.35. The predicted octanol–water partition coefficient (Wildman–Crippen LogP) is 2.93. The highest BCUT2D eigenvalue weighted by molar-refractivity contribution is 5.88. The maximum atomic E-state index is 13.2. The number of halogens is 3. The Hall–Kier alpha value is -1.60. The normalized spacial score (nSPS) is 20.0. The van der Waals surface area contributed by atoms with Gasteiger partial charge in [-0.3, -0.25) is 4.90 Å². The van der Waals surface area contributed by atoms with Crippen LogP contribution in [0.15, 0.2) is 18.2 Å². The van der Waals surface area contributed by atoms with Crippen molar-refractivity contribution in [3.05, 3.63) is 34.9 Å². The van der Waals surface area contributed by atoms with E-state index in [-0.39, 0.29) is 17.7 Å². The van der Waals surface area contributed by atoms with E-state index < -0.39 is 17.7 Å². The van der Waals surface area contributed by atoms with Gasteiger partial charge in [0.05, 0.1) is 11.1 Å². The van der Waals surface area contributed by atoms with E-state index in [0.29, 0.717) is 12.6 Å². The lowest BCUT2D eigenvalue weighted by molar-refractivity contribution is -0.138. The number of aromatic carboxylic acids is 1. The molecule has 0 aromatic heterocycles. The Morgan fingerprint density at radius 1 is 1.39 bits per heavy atom. The number of rotatable bonds is 4. The molecule has 0 amide bonds. The number of carboxylic acid groups (broad SMARTS) is 1. The molecule has 0 radical (unpaired) electrons. The summed E-state index contributed by atoms with van der Waals surface area (Å²) in [5.41, 5.74) is -1.07. The SMILES string of the molecule is CN(C)C1CCCN(Cc2ccc(C(=O)O)cc2C(F)(F)F)C1. The zero-order chi connectivity index (χ0) is 17.2. The predicted molar refractivity (Wildman–Crippen MR) is 80.4 cm³/mol. The average Bonchev–Trinajstić information content (AvgIpc) is 2.46. The Kier molecular flexibility index (Phi) is 5.31. The standard InChI is InChI=1S/C16H21F3N2O2/c1-20(2)13-4-3-7-21(10-13)9-12-6-5-11(15(22)23)8-14(12)16(17,18)19/h5-6,8,13H,3-4,7,9-10H2,1-2H3,(H,22,23). The van der Waals surface area contributed by atoms with Gasteiger partial charge in [-0.15, -0.1) is 0 Å². The van der Waals surface area contributed by atoms with Crippen LogP contribution in [-0.2, 0) is 12.7 Å². The second-order valence-corrected chi connectivity index (χ2v) is 6.17. The molecule has 7 heteroatoms. The molecule has 1 aromatic rings. The van der Waals surface area contributed by atoms with E-state index >= 15 is 0 Å². The molecule has 1 fully saturated rings. The van der Waals surface area contributed by atoms with Crippen molar-refractivity contribution in [1.82, 2.24) is 9.80 Å². The number of alkyl halides is 3. The molecule has 1 aliphatic rings. The van der Waals surface area contributed by atoms with E-state index in [4.69, 9.17) is 5.11 Å². The molecule has 0 spiro atoms. The van der Waals surface area contributed by atoms with Crippen molar-refractivity contribution in [2.75, 3.05) is 27.2 Å². The summed E-state index contributed by atoms with van der Waals surface area (Å²) >= 11 is 0. The van der Waals surface area contributed by atoms with Gasteiger partial charge >= 0.3 is 12.1 Å². The maximum absolute atomic E-state index is 13.2. The molecule has 1 N–H and O–H groups in total. The quantitative estimate of drug-likeness (QED) is 0.922. The minimum absolute atomic E-state index is 0.127. The lowest BCUT2D eigenvalue weighted by Gasteiger charge is -2.36. The summed E-state index contributed by atoms with van der Waals surface area (Å²) in [6.07, 6.45) is -2.58. The lowest BCUT2D eigenvalue weighted by Crippen LogP contribution is -2.44. The first-order chi connectivity index (χ1) is 10.7. The Morgan fingerprint density at radius 3 is 2.65 bits per heavy atom. The van der Waals surface area contributed by atoms with Crippen LogP contribution in [0.1, 0.15) is 34.3 Å². The Labute approximate surface area is 133 Å². The minimum Gasteiger partial charge on any atom is -0.478 e. The van der Waals surface area contributed by atoms with Crippen molar-refractivity contribution in [3.8, 4) is 0 Å². The van der Waals surface area contributed by atoms with Gasteiger partial charge in [-0.05, 0) is 51.2 Å². The molecule has 0 saturated carbocycles. The van der Waals surface area contributed by atoms with E-state index in [2.05, 4.69) is 4.90 Å². The smallest absolute Gasteiger partial charge is 0.416 e. The Bertz CT molecular complexity index is 573. The van der Waals surface area contributed by atoms with Crippen molar-refractivity contribution in [1.29, 1.82) is 0 Å². The first-order valence-corrected chi connectivity index (χ1v) is 7.50. The molecule has 1 atom stereocenters. The first-order valence-electron chi connectivity index (χ1n) is 7.50. The van der Waals surface area contributed by atoms with Crippen LogP contribution < -0.4 is 0 Å². The van der Waals surface area contributed by atoms with Gasteiger partial charge in [0.1, 0.15) is 0 Å². The molecule has 2 rings (SSSR count). The van der Waals surface area contributed by atoms with Crippen LogP contribution in [0.5, 0.6) is 0 Å². The van der Waals surface area contributed by atoms with Crippen molar-refractivity contribution >= 4 is 5.97 Å². The van der Waals surface area contributed by atoms with Crippen LogP contribution >= 0.6 is 0 Å². The van der Waals surface area contributed by atoms with Gasteiger partial charge in [-0.1, -0.05) is 6.07 Å². The molecule has 128 valence electrons. The highest BCUT2D eigenvalue weighted by atomic mass is 19.4. The van der Waals surface area contributed by atoms with Gasteiger partial charge in [-0.2, -0.15) is 13.2 Å². The number of benzene rings is 1. The minimum atomic E-state index is -4.56. The van der Waals surface area contributed by atoms with Crippen LogP contribution in [0.4, 0.5) is 13.2 Å². The molecule has 1 saturated heterocycles. The number of carboxylic acids is 1. The molecule has 1 aliphatic heterocycles. The fourth-order valence-corrected chi connectivity index (χ4v) is 2.95. The van der Waals surface area contributed by atoms with E-state index in [1.54, 1.807) is 0 Å². The second kappa shape index (κ2) is 6.88. The van der Waals surface area contributed by atoms with Gasteiger partial charge in [0, 0.05) is 19.1 Å². The maximum Gasteiger partial charge on any atom is 0.416 e. The summed E-state index contributed by atoms with van der Waals surface area (Å²) in [6.45, 7) is 1.65. The summed E-state index contributed by atoms with van der Waals surface area (Å²) in [4.78, 5) is 15.0. The number of nitrogens with zero attached hydrogens (tertiary/aromatic N) is 2.